The van der Waals surface area contributed by atoms with Crippen LogP contribution in [0.25, 0.3) is 53.9 Å². The Morgan fingerprint density at radius 3 is 0.400 bits per heavy atom. The average molecular weight is 250 g/mol. The molecule has 0 heterocycles. The summed E-state index contributed by atoms with van der Waals surface area (Å²) in [5.74, 6) is 0. The summed E-state index contributed by atoms with van der Waals surface area (Å²) in [6, 6.07) is 23.3. The first kappa shape index (κ1) is 9.33. The molecule has 0 aliphatic rings. The lowest BCUT2D eigenvalue weighted by Gasteiger charge is -2.12. The van der Waals surface area contributed by atoms with Crippen molar-refractivity contribution in [3.8, 4) is 0 Å². The van der Waals surface area contributed by atoms with Crippen LogP contribution >= 0.6 is 0 Å². The van der Waals surface area contributed by atoms with Crippen LogP contribution in [0.2, 0.25) is 0 Å². The lowest BCUT2D eigenvalue weighted by molar-refractivity contribution is 1.81. The molecule has 0 N–H and O–H groups in total. The van der Waals surface area contributed by atoms with Crippen molar-refractivity contribution in [3.05, 3.63) is 60.7 Å². The van der Waals surface area contributed by atoms with E-state index in [9.17, 15) is 0 Å². The fraction of sp³-hybridized carbons (Fsp3) is 0. The van der Waals surface area contributed by atoms with E-state index in [4.69, 9.17) is 0 Å². The summed E-state index contributed by atoms with van der Waals surface area (Å²) in [7, 11) is 0. The van der Waals surface area contributed by atoms with Crippen LogP contribution in [0.5, 0.6) is 0 Å². The third-order valence-corrected chi connectivity index (χ3v) is 4.78. The highest BCUT2D eigenvalue weighted by molar-refractivity contribution is 6.14. The van der Waals surface area contributed by atoms with Crippen molar-refractivity contribution in [2.24, 2.45) is 0 Å². The molecule has 90 valence electrons. The summed E-state index contributed by atoms with van der Waals surface area (Å²) in [4.78, 5) is 0. The summed E-state index contributed by atoms with van der Waals surface area (Å²) in [6.45, 7) is 0. The Balaban J connectivity index is 2.20. The van der Waals surface area contributed by atoms with Crippen molar-refractivity contribution in [1.82, 2.24) is 0 Å². The molecular formula is C20H10. The first-order valence-electron chi connectivity index (χ1n) is 7.02. The third-order valence-electron chi connectivity index (χ3n) is 4.78. The minimum Gasteiger partial charge on any atom is -0.0465 e. The van der Waals surface area contributed by atoms with Crippen molar-refractivity contribution in [2.75, 3.05) is 0 Å². The minimum absolute atomic E-state index is 1.34. The summed E-state index contributed by atoms with van der Waals surface area (Å²) in [5.41, 5.74) is 0. The lowest BCUT2D eigenvalue weighted by Crippen LogP contribution is -1.85. The molecule has 0 atom stereocenters. The van der Waals surface area contributed by atoms with Gasteiger partial charge in [-0.3, -0.25) is 0 Å². The quantitative estimate of drug-likeness (QED) is 0.306. The van der Waals surface area contributed by atoms with Crippen molar-refractivity contribution < 1.29 is 0 Å². The molecule has 20 heavy (non-hydrogen) atoms. The maximum Gasteiger partial charge on any atom is -0.0171 e. The molecule has 0 unspecified atom stereocenters. The molecule has 0 spiro atoms. The fourth-order valence-corrected chi connectivity index (χ4v) is 3.76. The van der Waals surface area contributed by atoms with E-state index in [-0.39, 0.29) is 0 Å². The molecule has 0 fully saturated rings. The smallest absolute Gasteiger partial charge is 0.0171 e. The van der Waals surface area contributed by atoms with Gasteiger partial charge in [-0.05, 0) is 115 Å². The van der Waals surface area contributed by atoms with Gasteiger partial charge in [0.1, 0.15) is 0 Å². The van der Waals surface area contributed by atoms with Gasteiger partial charge in [0.05, 0.1) is 0 Å². The molecular weight excluding hydrogens is 240 g/mol. The summed E-state index contributed by atoms with van der Waals surface area (Å²) in [6.07, 6.45) is 0. The van der Waals surface area contributed by atoms with Gasteiger partial charge in [0, 0.05) is 0 Å². The lowest BCUT2D eigenvalue weighted by atomic mass is 9.92. The molecule has 0 radical (unpaired) electrons. The predicted octanol–water partition coefficient (Wildman–Crippen LogP) is 5.77. The largest absolute Gasteiger partial charge is 0.0465 e. The Labute approximate surface area is 115 Å². The Bertz CT molecular complexity index is 846. The molecule has 0 amide bonds. The van der Waals surface area contributed by atoms with E-state index < -0.39 is 0 Å². The molecule has 0 aromatic heterocycles. The SMILES string of the molecule is c1c2cc3cc4cc5cc1c1cc2cc3cc4cc5c1. The van der Waals surface area contributed by atoms with Crippen LogP contribution in [0.15, 0.2) is 60.7 Å². The third kappa shape index (κ3) is 0.969. The van der Waals surface area contributed by atoms with Gasteiger partial charge >= 0.3 is 0 Å². The Morgan fingerprint density at radius 1 is 0.200 bits per heavy atom. The van der Waals surface area contributed by atoms with E-state index >= 15 is 0 Å². The highest BCUT2D eigenvalue weighted by Gasteiger charge is 2.08. The minimum atomic E-state index is 1.34. The van der Waals surface area contributed by atoms with Gasteiger partial charge < -0.3 is 0 Å². The van der Waals surface area contributed by atoms with Crippen molar-refractivity contribution in [1.29, 1.82) is 0 Å². The van der Waals surface area contributed by atoms with Gasteiger partial charge in [0.25, 0.3) is 0 Å². The van der Waals surface area contributed by atoms with Crippen LogP contribution in [-0.4, -0.2) is 0 Å². The molecule has 0 saturated carbocycles. The van der Waals surface area contributed by atoms with E-state index in [2.05, 4.69) is 60.7 Å². The number of fused-ring (bicyclic) bond motifs is 5. The molecule has 0 aliphatic carbocycles. The van der Waals surface area contributed by atoms with Crippen molar-refractivity contribution in [3.63, 3.8) is 0 Å². The van der Waals surface area contributed by atoms with E-state index in [1.165, 1.54) is 53.9 Å². The van der Waals surface area contributed by atoms with E-state index in [0.29, 0.717) is 0 Å². The molecule has 0 heteroatoms. The van der Waals surface area contributed by atoms with Crippen molar-refractivity contribution in [2.45, 2.75) is 0 Å². The van der Waals surface area contributed by atoms with E-state index in [0.717, 1.165) is 0 Å². The molecule has 5 aromatic rings. The summed E-state index contributed by atoms with van der Waals surface area (Å²) < 4.78 is 0. The second kappa shape index (κ2) is 2.78. The van der Waals surface area contributed by atoms with Crippen LogP contribution in [0, 0.1) is 0 Å². The second-order valence-corrected chi connectivity index (χ2v) is 6.00. The predicted molar refractivity (Wildman–Crippen MR) is 87.5 cm³/mol. The summed E-state index contributed by atoms with van der Waals surface area (Å²) in [5, 5.41) is 13.4. The Morgan fingerprint density at radius 2 is 0.300 bits per heavy atom. The van der Waals surface area contributed by atoms with Crippen molar-refractivity contribution >= 4 is 53.9 Å². The first-order valence-corrected chi connectivity index (χ1v) is 7.02. The molecule has 0 bridgehead atoms. The number of rotatable bonds is 0. The number of hydrogen-bond acceptors (Lipinski definition) is 0. The zero-order chi connectivity index (χ0) is 12.8. The highest BCUT2D eigenvalue weighted by Crippen LogP contribution is 2.35. The molecule has 0 saturated heterocycles. The maximum atomic E-state index is 2.33. The van der Waals surface area contributed by atoms with Crippen LogP contribution in [0.4, 0.5) is 0 Å². The number of benzene rings is 5. The normalized spacial score (nSPS) is 13.0. The van der Waals surface area contributed by atoms with Gasteiger partial charge in [0.2, 0.25) is 0 Å². The van der Waals surface area contributed by atoms with Gasteiger partial charge in [-0.2, -0.15) is 0 Å². The zero-order valence-corrected chi connectivity index (χ0v) is 10.8. The zero-order valence-electron chi connectivity index (χ0n) is 10.8. The highest BCUT2D eigenvalue weighted by atomic mass is 14.1. The van der Waals surface area contributed by atoms with E-state index in [1.807, 2.05) is 0 Å². The second-order valence-electron chi connectivity index (χ2n) is 6.00. The van der Waals surface area contributed by atoms with Gasteiger partial charge in [0.15, 0.2) is 0 Å². The topological polar surface area (TPSA) is 0 Å². The Kier molecular flexibility index (Phi) is 1.30. The van der Waals surface area contributed by atoms with Gasteiger partial charge in [-0.1, -0.05) is 0 Å². The fourth-order valence-electron chi connectivity index (χ4n) is 3.76. The van der Waals surface area contributed by atoms with Crippen LogP contribution in [0.3, 0.4) is 0 Å². The number of hydrogen-bond donors (Lipinski definition) is 0. The summed E-state index contributed by atoms with van der Waals surface area (Å²) >= 11 is 0. The molecule has 0 nitrogen and oxygen atoms in total. The maximum absolute atomic E-state index is 2.33. The van der Waals surface area contributed by atoms with Gasteiger partial charge in [-0.15, -0.1) is 0 Å². The Hall–Kier alpha value is -2.60. The van der Waals surface area contributed by atoms with Crippen LogP contribution in [0.1, 0.15) is 0 Å². The van der Waals surface area contributed by atoms with Crippen LogP contribution in [-0.2, 0) is 0 Å². The van der Waals surface area contributed by atoms with Crippen LogP contribution < -0.4 is 0 Å². The van der Waals surface area contributed by atoms with Gasteiger partial charge in [-0.25, -0.2) is 0 Å². The monoisotopic (exact) mass is 250 g/mol. The first-order chi connectivity index (χ1) is 9.83. The molecule has 5 rings (SSSR count). The van der Waals surface area contributed by atoms with E-state index in [1.54, 1.807) is 0 Å². The standard InChI is InChI=1S/C20H10/c1-11-2-15-7-19-8-16-3-12(1)14-4-13(11)5-17(15)9-20(19)10-18(16)6-14/h1-10H. The molecule has 0 aliphatic heterocycles. The molecule has 5 aromatic carbocycles. The average Bonchev–Trinajstić information content (AvgIpc) is 2.43.